The smallest absolute Gasteiger partial charge is 0.128 e. The lowest BCUT2D eigenvalue weighted by atomic mass is 10.0. The van der Waals surface area contributed by atoms with Crippen molar-refractivity contribution in [1.82, 2.24) is 9.78 Å². The standard InChI is InChI=1S/C18H18FN3O/c19-18-12-15(2-3-16(18)13-22-10-1-9-21-22)14-4-6-17(7-5-14)23-11-8-20/h1-7,9-10,12H,8,11,13,20H2. The molecule has 0 fully saturated rings. The average Bonchev–Trinajstić information content (AvgIpc) is 3.08. The van der Waals surface area contributed by atoms with Gasteiger partial charge in [0, 0.05) is 24.5 Å². The zero-order chi connectivity index (χ0) is 16.1. The van der Waals surface area contributed by atoms with Gasteiger partial charge in [0.15, 0.2) is 0 Å². The Balaban J connectivity index is 1.76. The Morgan fingerprint density at radius 3 is 2.52 bits per heavy atom. The number of hydrogen-bond acceptors (Lipinski definition) is 3. The van der Waals surface area contributed by atoms with Gasteiger partial charge in [-0.2, -0.15) is 5.10 Å². The van der Waals surface area contributed by atoms with Crippen LogP contribution in [0.15, 0.2) is 60.9 Å². The first-order valence-corrected chi connectivity index (χ1v) is 7.45. The molecule has 0 aliphatic rings. The molecule has 0 atom stereocenters. The normalized spacial score (nSPS) is 10.7. The van der Waals surface area contributed by atoms with Gasteiger partial charge in [-0.15, -0.1) is 0 Å². The molecular weight excluding hydrogens is 293 g/mol. The Bertz CT molecular complexity index is 754. The maximum Gasteiger partial charge on any atom is 0.128 e. The van der Waals surface area contributed by atoms with Crippen molar-refractivity contribution in [2.75, 3.05) is 13.2 Å². The first-order valence-electron chi connectivity index (χ1n) is 7.45. The summed E-state index contributed by atoms with van der Waals surface area (Å²) in [7, 11) is 0. The van der Waals surface area contributed by atoms with Crippen LogP contribution in [0.25, 0.3) is 11.1 Å². The van der Waals surface area contributed by atoms with E-state index in [1.165, 1.54) is 0 Å². The molecule has 0 aliphatic carbocycles. The zero-order valence-electron chi connectivity index (χ0n) is 12.7. The molecule has 0 saturated heterocycles. The van der Waals surface area contributed by atoms with E-state index < -0.39 is 0 Å². The summed E-state index contributed by atoms with van der Waals surface area (Å²) in [6.45, 7) is 1.38. The molecular formula is C18H18FN3O. The Morgan fingerprint density at radius 1 is 1.09 bits per heavy atom. The minimum atomic E-state index is -0.235. The van der Waals surface area contributed by atoms with Gasteiger partial charge in [0.2, 0.25) is 0 Å². The summed E-state index contributed by atoms with van der Waals surface area (Å²) in [5.74, 6) is 0.524. The highest BCUT2D eigenvalue weighted by atomic mass is 19.1. The van der Waals surface area contributed by atoms with E-state index in [-0.39, 0.29) is 5.82 Å². The van der Waals surface area contributed by atoms with Crippen molar-refractivity contribution >= 4 is 0 Å². The minimum absolute atomic E-state index is 0.235. The van der Waals surface area contributed by atoms with E-state index in [9.17, 15) is 4.39 Å². The van der Waals surface area contributed by atoms with Crippen LogP contribution in [0, 0.1) is 5.82 Å². The van der Waals surface area contributed by atoms with Crippen LogP contribution in [-0.4, -0.2) is 22.9 Å². The van der Waals surface area contributed by atoms with Gasteiger partial charge >= 0.3 is 0 Å². The van der Waals surface area contributed by atoms with E-state index >= 15 is 0 Å². The molecule has 0 bridgehead atoms. The molecule has 23 heavy (non-hydrogen) atoms. The molecule has 0 amide bonds. The van der Waals surface area contributed by atoms with Crippen molar-refractivity contribution in [3.05, 3.63) is 72.3 Å². The van der Waals surface area contributed by atoms with E-state index in [0.717, 1.165) is 16.9 Å². The molecule has 0 spiro atoms. The number of nitrogens with zero attached hydrogens (tertiary/aromatic N) is 2. The molecule has 3 aromatic rings. The van der Waals surface area contributed by atoms with Gasteiger partial charge in [-0.1, -0.05) is 24.3 Å². The molecule has 1 aromatic heterocycles. The maximum atomic E-state index is 14.3. The quantitative estimate of drug-likeness (QED) is 0.761. The molecule has 0 unspecified atom stereocenters. The third-order valence-electron chi connectivity index (χ3n) is 3.52. The topological polar surface area (TPSA) is 53.1 Å². The summed E-state index contributed by atoms with van der Waals surface area (Å²) < 4.78 is 21.4. The molecule has 2 aromatic carbocycles. The average molecular weight is 311 g/mol. The summed E-state index contributed by atoms with van der Waals surface area (Å²) in [5.41, 5.74) is 7.79. The van der Waals surface area contributed by atoms with E-state index in [2.05, 4.69) is 5.10 Å². The van der Waals surface area contributed by atoms with Gasteiger partial charge in [-0.25, -0.2) is 4.39 Å². The fraction of sp³-hybridized carbons (Fsp3) is 0.167. The SMILES string of the molecule is NCCOc1ccc(-c2ccc(Cn3cccn3)c(F)c2)cc1. The van der Waals surface area contributed by atoms with Gasteiger partial charge in [-0.05, 0) is 35.4 Å². The number of aromatic nitrogens is 2. The Hall–Kier alpha value is -2.66. The van der Waals surface area contributed by atoms with Crippen molar-refractivity contribution in [1.29, 1.82) is 0 Å². The molecule has 4 nitrogen and oxygen atoms in total. The number of hydrogen-bond donors (Lipinski definition) is 1. The van der Waals surface area contributed by atoms with Crippen LogP contribution in [0.2, 0.25) is 0 Å². The lowest BCUT2D eigenvalue weighted by Crippen LogP contribution is -2.10. The van der Waals surface area contributed by atoms with Crippen molar-refractivity contribution < 1.29 is 9.13 Å². The predicted octanol–water partition coefficient (Wildman–Crippen LogP) is 3.08. The maximum absolute atomic E-state index is 14.3. The molecule has 118 valence electrons. The first-order chi connectivity index (χ1) is 11.3. The van der Waals surface area contributed by atoms with Crippen LogP contribution >= 0.6 is 0 Å². The molecule has 0 aliphatic heterocycles. The van der Waals surface area contributed by atoms with E-state index in [0.29, 0.717) is 25.3 Å². The highest BCUT2D eigenvalue weighted by Gasteiger charge is 2.06. The number of rotatable bonds is 6. The second-order valence-electron chi connectivity index (χ2n) is 5.17. The first kappa shape index (κ1) is 15.2. The third-order valence-corrected chi connectivity index (χ3v) is 3.52. The lowest BCUT2D eigenvalue weighted by Gasteiger charge is -2.08. The molecule has 0 saturated carbocycles. The summed E-state index contributed by atoms with van der Waals surface area (Å²) >= 11 is 0. The molecule has 0 radical (unpaired) electrons. The number of benzene rings is 2. The second kappa shape index (κ2) is 7.07. The van der Waals surface area contributed by atoms with Crippen molar-refractivity contribution in [2.45, 2.75) is 6.54 Å². The van der Waals surface area contributed by atoms with E-state index in [1.807, 2.05) is 42.6 Å². The Kier molecular flexibility index (Phi) is 4.68. The number of ether oxygens (including phenoxy) is 1. The molecule has 1 heterocycles. The van der Waals surface area contributed by atoms with Crippen LogP contribution < -0.4 is 10.5 Å². The largest absolute Gasteiger partial charge is 0.492 e. The summed E-state index contributed by atoms with van der Waals surface area (Å²) in [5, 5.41) is 4.09. The van der Waals surface area contributed by atoms with Crippen LogP contribution in [-0.2, 0) is 6.54 Å². The zero-order valence-corrected chi connectivity index (χ0v) is 12.7. The van der Waals surface area contributed by atoms with Gasteiger partial charge in [-0.3, -0.25) is 4.68 Å². The third kappa shape index (κ3) is 3.76. The molecule has 5 heteroatoms. The summed E-state index contributed by atoms with van der Waals surface area (Å²) in [6, 6.07) is 14.6. The van der Waals surface area contributed by atoms with Crippen LogP contribution in [0.4, 0.5) is 4.39 Å². The van der Waals surface area contributed by atoms with Gasteiger partial charge < -0.3 is 10.5 Å². The van der Waals surface area contributed by atoms with Gasteiger partial charge in [0.05, 0.1) is 6.54 Å². The van der Waals surface area contributed by atoms with Gasteiger partial charge in [0.1, 0.15) is 18.2 Å². The molecule has 3 rings (SSSR count). The fourth-order valence-electron chi connectivity index (χ4n) is 2.34. The van der Waals surface area contributed by atoms with Crippen molar-refractivity contribution in [3.8, 4) is 16.9 Å². The van der Waals surface area contributed by atoms with Crippen LogP contribution in [0.3, 0.4) is 0 Å². The van der Waals surface area contributed by atoms with Gasteiger partial charge in [0.25, 0.3) is 0 Å². The van der Waals surface area contributed by atoms with Crippen LogP contribution in [0.5, 0.6) is 5.75 Å². The summed E-state index contributed by atoms with van der Waals surface area (Å²) in [6.07, 6.45) is 3.49. The number of halogens is 1. The lowest BCUT2D eigenvalue weighted by molar-refractivity contribution is 0.328. The Labute approximate surface area is 134 Å². The van der Waals surface area contributed by atoms with Crippen molar-refractivity contribution in [2.24, 2.45) is 5.73 Å². The minimum Gasteiger partial charge on any atom is -0.492 e. The van der Waals surface area contributed by atoms with Crippen molar-refractivity contribution in [3.63, 3.8) is 0 Å². The summed E-state index contributed by atoms with van der Waals surface area (Å²) in [4.78, 5) is 0. The van der Waals surface area contributed by atoms with E-state index in [1.54, 1.807) is 23.0 Å². The van der Waals surface area contributed by atoms with Crippen LogP contribution in [0.1, 0.15) is 5.56 Å². The number of nitrogens with two attached hydrogens (primary N) is 1. The highest BCUT2D eigenvalue weighted by molar-refractivity contribution is 5.64. The predicted molar refractivity (Wildman–Crippen MR) is 87.7 cm³/mol. The highest BCUT2D eigenvalue weighted by Crippen LogP contribution is 2.24. The monoisotopic (exact) mass is 311 g/mol. The second-order valence-corrected chi connectivity index (χ2v) is 5.17. The molecule has 2 N–H and O–H groups in total. The fourth-order valence-corrected chi connectivity index (χ4v) is 2.34. The Morgan fingerprint density at radius 2 is 1.87 bits per heavy atom. The van der Waals surface area contributed by atoms with E-state index in [4.69, 9.17) is 10.5 Å².